The van der Waals surface area contributed by atoms with Crippen LogP contribution in [-0.2, 0) is 32.7 Å². The van der Waals surface area contributed by atoms with Gasteiger partial charge in [0.2, 0.25) is 0 Å². The van der Waals surface area contributed by atoms with Crippen molar-refractivity contribution in [3.8, 4) is 0 Å². The summed E-state index contributed by atoms with van der Waals surface area (Å²) in [5.41, 5.74) is 0. The molecule has 55 valence electrons. The van der Waals surface area contributed by atoms with E-state index in [1.165, 1.54) is 6.42 Å². The van der Waals surface area contributed by atoms with Crippen LogP contribution in [0, 0.1) is 13.3 Å². The molecule has 10 heavy (non-hydrogen) atoms. The number of rotatable bonds is 2. The standard InChI is InChI=1S/C8H13N.Y/c1-2-5-8-6-3-4-7-9-8;/h6-8H,1-5H2;/q-2;. The van der Waals surface area contributed by atoms with Crippen molar-refractivity contribution >= 4 is 6.21 Å². The number of nitrogens with zero attached hydrogens (tertiary/aromatic N) is 1. The van der Waals surface area contributed by atoms with Gasteiger partial charge in [0.25, 0.3) is 0 Å². The zero-order valence-corrected chi connectivity index (χ0v) is 9.13. The molecule has 0 aliphatic carbocycles. The molecule has 0 amide bonds. The third kappa shape index (κ3) is 3.82. The molecule has 1 atom stereocenters. The van der Waals surface area contributed by atoms with Crippen LogP contribution in [0.25, 0.3) is 0 Å². The molecule has 0 spiro atoms. The van der Waals surface area contributed by atoms with Crippen LogP contribution >= 0.6 is 0 Å². The molecule has 1 heterocycles. The molecule has 0 aromatic heterocycles. The summed E-state index contributed by atoms with van der Waals surface area (Å²) in [7, 11) is 0. The van der Waals surface area contributed by atoms with Gasteiger partial charge in [-0.25, -0.2) is 0 Å². The van der Waals surface area contributed by atoms with Gasteiger partial charge in [-0.2, -0.15) is 12.8 Å². The molecule has 1 rings (SSSR count). The molecule has 0 aromatic carbocycles. The molecule has 0 fully saturated rings. The number of aliphatic imine (C=N–C) groups is 1. The van der Waals surface area contributed by atoms with E-state index in [2.05, 4.69) is 18.3 Å². The van der Waals surface area contributed by atoms with Crippen molar-refractivity contribution < 1.29 is 32.7 Å². The van der Waals surface area contributed by atoms with E-state index in [-0.39, 0.29) is 32.7 Å². The second-order valence-corrected chi connectivity index (χ2v) is 2.35. The van der Waals surface area contributed by atoms with E-state index < -0.39 is 0 Å². The summed E-state index contributed by atoms with van der Waals surface area (Å²) in [6.07, 6.45) is 8.77. The maximum absolute atomic E-state index is 4.30. The first-order chi connectivity index (χ1) is 4.43. The molecule has 1 unspecified atom stereocenters. The van der Waals surface area contributed by atoms with Crippen LogP contribution in [0.15, 0.2) is 4.99 Å². The molecule has 0 bridgehead atoms. The van der Waals surface area contributed by atoms with E-state index in [1.807, 2.05) is 6.21 Å². The third-order valence-corrected chi connectivity index (χ3v) is 1.53. The van der Waals surface area contributed by atoms with Gasteiger partial charge in [0.1, 0.15) is 0 Å². The van der Waals surface area contributed by atoms with Gasteiger partial charge in [-0.15, -0.1) is 0 Å². The largest absolute Gasteiger partial charge is 0.343 e. The molecule has 0 aromatic rings. The fraction of sp³-hybridized carbons (Fsp3) is 0.625. The first-order valence-corrected chi connectivity index (χ1v) is 3.57. The summed E-state index contributed by atoms with van der Waals surface area (Å²) in [5, 5.41) is 0. The van der Waals surface area contributed by atoms with Crippen LogP contribution < -0.4 is 0 Å². The molecule has 0 saturated carbocycles. The normalized spacial score (nSPS) is 23.9. The van der Waals surface area contributed by atoms with Gasteiger partial charge in [-0.3, -0.25) is 0 Å². The van der Waals surface area contributed by atoms with Crippen molar-refractivity contribution in [1.82, 2.24) is 0 Å². The van der Waals surface area contributed by atoms with Crippen molar-refractivity contribution in [3.63, 3.8) is 0 Å². The topological polar surface area (TPSA) is 12.4 Å². The summed E-state index contributed by atoms with van der Waals surface area (Å²) in [4.78, 5) is 4.30. The van der Waals surface area contributed by atoms with Crippen LogP contribution in [0.4, 0.5) is 0 Å². The minimum Gasteiger partial charge on any atom is -0.343 e. The smallest absolute Gasteiger partial charge is 0 e. The maximum Gasteiger partial charge on any atom is 0 e. The van der Waals surface area contributed by atoms with Crippen LogP contribution in [0.2, 0.25) is 0 Å². The predicted molar refractivity (Wildman–Crippen MR) is 40.4 cm³/mol. The van der Waals surface area contributed by atoms with E-state index in [0.717, 1.165) is 19.3 Å². The van der Waals surface area contributed by atoms with Gasteiger partial charge in [-0.05, 0) is 12.6 Å². The van der Waals surface area contributed by atoms with Crippen molar-refractivity contribution in [2.24, 2.45) is 4.99 Å². The Hall–Kier alpha value is 0.774. The van der Waals surface area contributed by atoms with Crippen LogP contribution in [-0.4, -0.2) is 12.3 Å². The molecule has 0 N–H and O–H groups in total. The second kappa shape index (κ2) is 6.48. The monoisotopic (exact) mass is 212 g/mol. The average Bonchev–Trinajstić information content (AvgIpc) is 1.91. The Bertz CT molecular complexity index is 101. The molecular weight excluding hydrogens is 199 g/mol. The summed E-state index contributed by atoms with van der Waals surface area (Å²) in [6.45, 7) is 3.79. The fourth-order valence-corrected chi connectivity index (χ4v) is 1.04. The van der Waals surface area contributed by atoms with E-state index >= 15 is 0 Å². The fourth-order valence-electron chi connectivity index (χ4n) is 1.04. The van der Waals surface area contributed by atoms with Gasteiger partial charge in [0, 0.05) is 32.7 Å². The first kappa shape index (κ1) is 10.8. The first-order valence-electron chi connectivity index (χ1n) is 3.57. The number of hydrogen-bond donors (Lipinski definition) is 0. The van der Waals surface area contributed by atoms with Crippen LogP contribution in [0.1, 0.15) is 25.7 Å². The summed E-state index contributed by atoms with van der Waals surface area (Å²) >= 11 is 0. The Morgan fingerprint density at radius 2 is 2.50 bits per heavy atom. The van der Waals surface area contributed by atoms with Crippen molar-refractivity contribution in [2.75, 3.05) is 0 Å². The van der Waals surface area contributed by atoms with Crippen molar-refractivity contribution in [2.45, 2.75) is 31.7 Å². The summed E-state index contributed by atoms with van der Waals surface area (Å²) in [6, 6.07) is 0.483. The molecule has 1 nitrogen and oxygen atoms in total. The van der Waals surface area contributed by atoms with Gasteiger partial charge in [0.05, 0.1) is 0 Å². The van der Waals surface area contributed by atoms with Crippen LogP contribution in [0.5, 0.6) is 0 Å². The van der Waals surface area contributed by atoms with E-state index in [9.17, 15) is 0 Å². The van der Waals surface area contributed by atoms with Gasteiger partial charge < -0.3 is 18.3 Å². The Morgan fingerprint density at radius 3 is 3.00 bits per heavy atom. The van der Waals surface area contributed by atoms with E-state index in [0.29, 0.717) is 6.04 Å². The molecule has 1 aliphatic rings. The molecule has 1 radical (unpaired) electrons. The Labute approximate surface area is 88.6 Å². The molecule has 0 saturated heterocycles. The zero-order valence-electron chi connectivity index (χ0n) is 6.29. The minimum absolute atomic E-state index is 0. The predicted octanol–water partition coefficient (Wildman–Crippen LogP) is 2.04. The average molecular weight is 212 g/mol. The van der Waals surface area contributed by atoms with Gasteiger partial charge >= 0.3 is 0 Å². The summed E-state index contributed by atoms with van der Waals surface area (Å²) in [5.74, 6) is 0. The zero-order chi connectivity index (χ0) is 6.53. The molecule has 2 heteroatoms. The second-order valence-electron chi connectivity index (χ2n) is 2.35. The quantitative estimate of drug-likeness (QED) is 0.621. The third-order valence-electron chi connectivity index (χ3n) is 1.53. The Morgan fingerprint density at radius 1 is 1.70 bits per heavy atom. The summed E-state index contributed by atoms with van der Waals surface area (Å²) < 4.78 is 0. The minimum atomic E-state index is 0. The Kier molecular flexibility index (Phi) is 6.98. The van der Waals surface area contributed by atoms with Crippen molar-refractivity contribution in [3.05, 3.63) is 13.3 Å². The Balaban J connectivity index is 0.000000810. The van der Waals surface area contributed by atoms with Crippen molar-refractivity contribution in [1.29, 1.82) is 0 Å². The van der Waals surface area contributed by atoms with E-state index in [1.54, 1.807) is 0 Å². The molecule has 1 aliphatic heterocycles. The maximum atomic E-state index is 4.30. The van der Waals surface area contributed by atoms with Gasteiger partial charge in [0.15, 0.2) is 0 Å². The number of hydrogen-bond acceptors (Lipinski definition) is 1. The van der Waals surface area contributed by atoms with Crippen LogP contribution in [0.3, 0.4) is 0 Å². The van der Waals surface area contributed by atoms with E-state index in [4.69, 9.17) is 0 Å². The molecular formula is C8H13NY-2. The van der Waals surface area contributed by atoms with Gasteiger partial charge in [-0.1, -0.05) is 12.5 Å². The SMILES string of the molecule is [CH2-]CCC1[CH-]CCC=N1.[Y].